The van der Waals surface area contributed by atoms with E-state index in [4.69, 9.17) is 14.2 Å². The van der Waals surface area contributed by atoms with Crippen molar-refractivity contribution in [3.8, 4) is 17.2 Å². The number of aromatic nitrogens is 1. The molecule has 3 aromatic rings. The molecule has 23 heavy (non-hydrogen) atoms. The average Bonchev–Trinajstić information content (AvgIpc) is 3.07. The Labute approximate surface area is 133 Å². The number of rotatable bonds is 3. The molecule has 1 aliphatic rings. The smallest absolute Gasteiger partial charge is 0.231 e. The number of benzene rings is 2. The second-order valence-electron chi connectivity index (χ2n) is 5.21. The van der Waals surface area contributed by atoms with Crippen LogP contribution in [0, 0.1) is 0 Å². The SMILES string of the molecule is COc1cccc2ccc(C=Cc3ccc4c(c3)OCO4)nc12. The molecule has 2 aromatic carbocycles. The minimum absolute atomic E-state index is 0.286. The van der Waals surface area contributed by atoms with Gasteiger partial charge in [0.05, 0.1) is 12.8 Å². The van der Waals surface area contributed by atoms with E-state index in [0.29, 0.717) is 0 Å². The molecule has 0 unspecified atom stereocenters. The third-order valence-corrected chi connectivity index (χ3v) is 3.77. The summed E-state index contributed by atoms with van der Waals surface area (Å²) in [6, 6.07) is 15.8. The van der Waals surface area contributed by atoms with Gasteiger partial charge in [-0.3, -0.25) is 0 Å². The molecule has 0 bridgehead atoms. The fourth-order valence-electron chi connectivity index (χ4n) is 2.59. The first kappa shape index (κ1) is 13.6. The Balaban J connectivity index is 1.67. The van der Waals surface area contributed by atoms with Gasteiger partial charge in [-0.1, -0.05) is 30.3 Å². The molecule has 0 saturated carbocycles. The number of fused-ring (bicyclic) bond motifs is 2. The van der Waals surface area contributed by atoms with Gasteiger partial charge in [0.15, 0.2) is 11.5 Å². The summed E-state index contributed by atoms with van der Waals surface area (Å²) < 4.78 is 16.1. The maximum Gasteiger partial charge on any atom is 0.231 e. The van der Waals surface area contributed by atoms with E-state index in [1.807, 2.05) is 60.7 Å². The Morgan fingerprint density at radius 2 is 1.91 bits per heavy atom. The van der Waals surface area contributed by atoms with Gasteiger partial charge in [-0.2, -0.15) is 0 Å². The van der Waals surface area contributed by atoms with Gasteiger partial charge >= 0.3 is 0 Å². The predicted octanol–water partition coefficient (Wildman–Crippen LogP) is 4.14. The Kier molecular flexibility index (Phi) is 3.35. The zero-order chi connectivity index (χ0) is 15.6. The van der Waals surface area contributed by atoms with Gasteiger partial charge in [-0.15, -0.1) is 0 Å². The molecule has 0 amide bonds. The van der Waals surface area contributed by atoms with E-state index in [-0.39, 0.29) is 6.79 Å². The number of methoxy groups -OCH3 is 1. The number of hydrogen-bond donors (Lipinski definition) is 0. The predicted molar refractivity (Wildman–Crippen MR) is 89.8 cm³/mol. The van der Waals surface area contributed by atoms with Crippen LogP contribution in [0.4, 0.5) is 0 Å². The quantitative estimate of drug-likeness (QED) is 0.729. The van der Waals surface area contributed by atoms with Crippen molar-refractivity contribution in [1.29, 1.82) is 0 Å². The first-order valence-corrected chi connectivity index (χ1v) is 7.35. The highest BCUT2D eigenvalue weighted by atomic mass is 16.7. The molecular formula is C19H15NO3. The van der Waals surface area contributed by atoms with Gasteiger partial charge < -0.3 is 14.2 Å². The maximum absolute atomic E-state index is 5.39. The topological polar surface area (TPSA) is 40.6 Å². The summed E-state index contributed by atoms with van der Waals surface area (Å²) >= 11 is 0. The standard InChI is InChI=1S/C19H15NO3/c1-21-17-4-2-3-14-7-9-15(20-19(14)17)8-5-13-6-10-16-18(11-13)23-12-22-16/h2-11H,12H2,1H3. The highest BCUT2D eigenvalue weighted by Gasteiger charge is 2.12. The summed E-state index contributed by atoms with van der Waals surface area (Å²) in [5, 5.41) is 1.06. The van der Waals surface area contributed by atoms with Crippen molar-refractivity contribution >= 4 is 23.1 Å². The molecule has 2 heterocycles. The van der Waals surface area contributed by atoms with E-state index in [9.17, 15) is 0 Å². The molecule has 0 saturated heterocycles. The molecule has 0 radical (unpaired) electrons. The van der Waals surface area contributed by atoms with Crippen molar-refractivity contribution in [3.63, 3.8) is 0 Å². The molecule has 1 aromatic heterocycles. The Hall–Kier alpha value is -3.01. The minimum atomic E-state index is 0.286. The molecule has 1 aliphatic heterocycles. The Morgan fingerprint density at radius 1 is 1.00 bits per heavy atom. The number of pyridine rings is 1. The monoisotopic (exact) mass is 305 g/mol. The summed E-state index contributed by atoms with van der Waals surface area (Å²) in [7, 11) is 1.66. The molecule has 4 nitrogen and oxygen atoms in total. The molecular weight excluding hydrogens is 290 g/mol. The molecule has 114 valence electrons. The summed E-state index contributed by atoms with van der Waals surface area (Å²) in [4.78, 5) is 4.67. The van der Waals surface area contributed by atoms with Crippen LogP contribution in [-0.4, -0.2) is 18.9 Å². The number of para-hydroxylation sites is 1. The zero-order valence-electron chi connectivity index (χ0n) is 12.7. The second kappa shape index (κ2) is 5.65. The Morgan fingerprint density at radius 3 is 2.83 bits per heavy atom. The van der Waals surface area contributed by atoms with Crippen molar-refractivity contribution in [2.24, 2.45) is 0 Å². The Bertz CT molecular complexity index is 902. The molecule has 4 heteroatoms. The summed E-state index contributed by atoms with van der Waals surface area (Å²) in [6.07, 6.45) is 3.98. The van der Waals surface area contributed by atoms with Crippen LogP contribution in [0.25, 0.3) is 23.1 Å². The zero-order valence-corrected chi connectivity index (χ0v) is 12.7. The maximum atomic E-state index is 5.39. The van der Waals surface area contributed by atoms with Crippen LogP contribution in [0.3, 0.4) is 0 Å². The lowest BCUT2D eigenvalue weighted by atomic mass is 10.1. The minimum Gasteiger partial charge on any atom is -0.494 e. The van der Waals surface area contributed by atoms with Crippen molar-refractivity contribution in [2.45, 2.75) is 0 Å². The van der Waals surface area contributed by atoms with Crippen molar-refractivity contribution in [3.05, 3.63) is 59.8 Å². The van der Waals surface area contributed by atoms with Crippen LogP contribution in [0.2, 0.25) is 0 Å². The van der Waals surface area contributed by atoms with Crippen LogP contribution < -0.4 is 14.2 Å². The second-order valence-corrected chi connectivity index (χ2v) is 5.21. The van der Waals surface area contributed by atoms with Crippen molar-refractivity contribution in [2.75, 3.05) is 13.9 Å². The fraction of sp³-hybridized carbons (Fsp3) is 0.105. The first-order valence-electron chi connectivity index (χ1n) is 7.35. The van der Waals surface area contributed by atoms with E-state index in [1.54, 1.807) is 7.11 Å². The van der Waals surface area contributed by atoms with Gasteiger partial charge in [0.2, 0.25) is 6.79 Å². The van der Waals surface area contributed by atoms with Gasteiger partial charge in [0.1, 0.15) is 11.3 Å². The van der Waals surface area contributed by atoms with Gasteiger partial charge in [-0.25, -0.2) is 4.98 Å². The van der Waals surface area contributed by atoms with E-state index >= 15 is 0 Å². The third kappa shape index (κ3) is 2.59. The molecule has 0 spiro atoms. The van der Waals surface area contributed by atoms with Gasteiger partial charge in [0.25, 0.3) is 0 Å². The lowest BCUT2D eigenvalue weighted by Crippen LogP contribution is -1.92. The van der Waals surface area contributed by atoms with Gasteiger partial charge in [-0.05, 0) is 35.9 Å². The molecule has 0 N–H and O–H groups in total. The molecule has 0 atom stereocenters. The van der Waals surface area contributed by atoms with Gasteiger partial charge in [0, 0.05) is 5.39 Å². The van der Waals surface area contributed by atoms with E-state index in [2.05, 4.69) is 4.98 Å². The molecule has 0 fully saturated rings. The third-order valence-electron chi connectivity index (χ3n) is 3.77. The van der Waals surface area contributed by atoms with Crippen LogP contribution in [0.1, 0.15) is 11.3 Å². The lowest BCUT2D eigenvalue weighted by Gasteiger charge is -2.05. The summed E-state index contributed by atoms with van der Waals surface area (Å²) in [5.74, 6) is 2.34. The van der Waals surface area contributed by atoms with Crippen LogP contribution in [-0.2, 0) is 0 Å². The van der Waals surface area contributed by atoms with Crippen LogP contribution >= 0.6 is 0 Å². The molecule has 0 aliphatic carbocycles. The van der Waals surface area contributed by atoms with E-state index < -0.39 is 0 Å². The first-order chi connectivity index (χ1) is 11.3. The van der Waals surface area contributed by atoms with E-state index in [0.717, 1.165) is 39.4 Å². The average molecular weight is 305 g/mol. The number of hydrogen-bond acceptors (Lipinski definition) is 4. The summed E-state index contributed by atoms with van der Waals surface area (Å²) in [5.41, 5.74) is 2.78. The fourth-order valence-corrected chi connectivity index (χ4v) is 2.59. The normalized spacial score (nSPS) is 12.9. The van der Waals surface area contributed by atoms with Crippen LogP contribution in [0.5, 0.6) is 17.2 Å². The highest BCUT2D eigenvalue weighted by molar-refractivity contribution is 5.86. The number of ether oxygens (including phenoxy) is 3. The van der Waals surface area contributed by atoms with Crippen molar-refractivity contribution < 1.29 is 14.2 Å². The number of nitrogens with zero attached hydrogens (tertiary/aromatic N) is 1. The lowest BCUT2D eigenvalue weighted by molar-refractivity contribution is 0.174. The van der Waals surface area contributed by atoms with Crippen molar-refractivity contribution in [1.82, 2.24) is 4.98 Å². The van der Waals surface area contributed by atoms with E-state index in [1.165, 1.54) is 0 Å². The largest absolute Gasteiger partial charge is 0.494 e. The highest BCUT2D eigenvalue weighted by Crippen LogP contribution is 2.33. The molecule has 4 rings (SSSR count). The van der Waals surface area contributed by atoms with Crippen LogP contribution in [0.15, 0.2) is 48.5 Å². The summed E-state index contributed by atoms with van der Waals surface area (Å²) in [6.45, 7) is 0.286.